The fourth-order valence-corrected chi connectivity index (χ4v) is 3.13. The normalized spacial score (nSPS) is 15.3. The minimum absolute atomic E-state index is 0.632. The van der Waals surface area contributed by atoms with Crippen molar-refractivity contribution in [2.24, 2.45) is 5.92 Å². The van der Waals surface area contributed by atoms with Crippen LogP contribution in [0.15, 0.2) is 22.7 Å². The molecule has 4 heteroatoms. The average Bonchev–Trinajstić information content (AvgIpc) is 3.15. The molecular weight excluding hydrogens is 324 g/mol. The van der Waals surface area contributed by atoms with E-state index in [4.69, 9.17) is 16.6 Å². The molecule has 0 spiro atoms. The minimum atomic E-state index is 0.632. The Balaban J connectivity index is 1.87. The molecule has 0 atom stereocenters. The molecule has 1 aliphatic rings. The lowest BCUT2D eigenvalue weighted by molar-refractivity contribution is 0.571. The van der Waals surface area contributed by atoms with Crippen LogP contribution in [0.2, 0.25) is 0 Å². The zero-order chi connectivity index (χ0) is 13.2. The maximum atomic E-state index is 5.90. The lowest BCUT2D eigenvalue weighted by Gasteiger charge is -2.08. The van der Waals surface area contributed by atoms with E-state index in [2.05, 4.69) is 32.6 Å². The van der Waals surface area contributed by atoms with Crippen LogP contribution in [0.4, 0.5) is 0 Å². The molecule has 19 heavy (non-hydrogen) atoms. The van der Waals surface area contributed by atoms with Gasteiger partial charge in [-0.3, -0.25) is 0 Å². The summed E-state index contributed by atoms with van der Waals surface area (Å²) in [7, 11) is 0. The molecular formula is C15H18BrClN2. The largest absolute Gasteiger partial charge is 0.328 e. The highest BCUT2D eigenvalue weighted by Gasteiger charge is 2.20. The van der Waals surface area contributed by atoms with Gasteiger partial charge in [-0.1, -0.05) is 28.8 Å². The maximum absolute atomic E-state index is 5.90. The van der Waals surface area contributed by atoms with Crippen LogP contribution < -0.4 is 0 Å². The number of alkyl halides is 1. The first kappa shape index (κ1) is 13.4. The summed E-state index contributed by atoms with van der Waals surface area (Å²) in [6, 6.07) is 6.29. The van der Waals surface area contributed by atoms with Crippen molar-refractivity contribution in [3.63, 3.8) is 0 Å². The van der Waals surface area contributed by atoms with Crippen LogP contribution in [0, 0.1) is 5.92 Å². The topological polar surface area (TPSA) is 17.8 Å². The second-order valence-corrected chi connectivity index (χ2v) is 6.63. The van der Waals surface area contributed by atoms with Gasteiger partial charge in [0.15, 0.2) is 0 Å². The molecule has 1 heterocycles. The summed E-state index contributed by atoms with van der Waals surface area (Å²) in [6.45, 7) is 1.07. The molecule has 0 N–H and O–H groups in total. The van der Waals surface area contributed by atoms with E-state index in [1.54, 1.807) is 0 Å². The first-order valence-electron chi connectivity index (χ1n) is 6.98. The Morgan fingerprint density at radius 2 is 2.21 bits per heavy atom. The first-order chi connectivity index (χ1) is 9.28. The predicted molar refractivity (Wildman–Crippen MR) is 83.8 cm³/mol. The number of fused-ring (bicyclic) bond motifs is 1. The molecule has 0 aliphatic heterocycles. The van der Waals surface area contributed by atoms with Crippen molar-refractivity contribution in [1.29, 1.82) is 0 Å². The molecule has 0 unspecified atom stereocenters. The van der Waals surface area contributed by atoms with E-state index in [0.717, 1.165) is 34.7 Å². The van der Waals surface area contributed by atoms with Gasteiger partial charge in [0, 0.05) is 23.3 Å². The van der Waals surface area contributed by atoms with Crippen molar-refractivity contribution in [3.05, 3.63) is 28.5 Å². The molecule has 2 aromatic rings. The third-order valence-corrected chi connectivity index (χ3v) is 4.48. The van der Waals surface area contributed by atoms with Gasteiger partial charge in [0.2, 0.25) is 0 Å². The Bertz CT molecular complexity index is 575. The molecule has 1 saturated carbocycles. The van der Waals surface area contributed by atoms with Gasteiger partial charge in [0.25, 0.3) is 0 Å². The molecule has 102 valence electrons. The summed E-state index contributed by atoms with van der Waals surface area (Å²) in [5, 5.41) is 0. The quantitative estimate of drug-likeness (QED) is 0.692. The van der Waals surface area contributed by atoms with E-state index in [0.29, 0.717) is 5.88 Å². The van der Waals surface area contributed by atoms with Crippen LogP contribution in [0.25, 0.3) is 11.0 Å². The lowest BCUT2D eigenvalue weighted by atomic mass is 10.2. The Kier molecular flexibility index (Phi) is 4.13. The zero-order valence-corrected chi connectivity index (χ0v) is 13.3. The Hall–Kier alpha value is -0.540. The standard InChI is InChI=1S/C15H18BrClN2/c16-12-5-6-13-14(10-12)19(15(18-13)7-8-17)9-1-2-11-3-4-11/h5-6,10-11H,1-4,7-9H2. The highest BCUT2D eigenvalue weighted by molar-refractivity contribution is 9.10. The maximum Gasteiger partial charge on any atom is 0.111 e. The average molecular weight is 342 g/mol. The van der Waals surface area contributed by atoms with E-state index < -0.39 is 0 Å². The molecule has 0 amide bonds. The van der Waals surface area contributed by atoms with Gasteiger partial charge in [-0.15, -0.1) is 11.6 Å². The summed E-state index contributed by atoms with van der Waals surface area (Å²) in [5.74, 6) is 2.75. The van der Waals surface area contributed by atoms with E-state index in [-0.39, 0.29) is 0 Å². The Labute approximate surface area is 127 Å². The molecule has 1 aromatic carbocycles. The van der Waals surface area contributed by atoms with Crippen LogP contribution >= 0.6 is 27.5 Å². The number of hydrogen-bond donors (Lipinski definition) is 0. The van der Waals surface area contributed by atoms with Crippen molar-refractivity contribution >= 4 is 38.6 Å². The molecule has 1 fully saturated rings. The van der Waals surface area contributed by atoms with Crippen LogP contribution in [0.1, 0.15) is 31.5 Å². The third kappa shape index (κ3) is 3.14. The van der Waals surface area contributed by atoms with E-state index in [1.165, 1.54) is 31.2 Å². The van der Waals surface area contributed by atoms with Gasteiger partial charge in [-0.05, 0) is 37.0 Å². The summed E-state index contributed by atoms with van der Waals surface area (Å²) < 4.78 is 3.46. The molecule has 1 aromatic heterocycles. The predicted octanol–water partition coefficient (Wildman–Crippen LogP) is 4.77. The number of rotatable bonds is 6. The molecule has 0 radical (unpaired) electrons. The van der Waals surface area contributed by atoms with E-state index in [1.807, 2.05) is 6.07 Å². The van der Waals surface area contributed by atoms with Gasteiger partial charge in [-0.25, -0.2) is 4.98 Å². The van der Waals surface area contributed by atoms with Crippen LogP contribution in [0.3, 0.4) is 0 Å². The fraction of sp³-hybridized carbons (Fsp3) is 0.533. The van der Waals surface area contributed by atoms with Crippen molar-refractivity contribution in [3.8, 4) is 0 Å². The molecule has 2 nitrogen and oxygen atoms in total. The van der Waals surface area contributed by atoms with Gasteiger partial charge in [0.1, 0.15) is 5.82 Å². The SMILES string of the molecule is ClCCc1nc2ccc(Br)cc2n1CCCC1CC1. The first-order valence-corrected chi connectivity index (χ1v) is 8.31. The number of benzene rings is 1. The number of halogens is 2. The van der Waals surface area contributed by atoms with Gasteiger partial charge < -0.3 is 4.57 Å². The van der Waals surface area contributed by atoms with Gasteiger partial charge >= 0.3 is 0 Å². The van der Waals surface area contributed by atoms with E-state index >= 15 is 0 Å². The highest BCUT2D eigenvalue weighted by atomic mass is 79.9. The van der Waals surface area contributed by atoms with Crippen LogP contribution in [0.5, 0.6) is 0 Å². The van der Waals surface area contributed by atoms with Crippen molar-refractivity contribution in [2.45, 2.75) is 38.6 Å². The molecule has 0 saturated heterocycles. The van der Waals surface area contributed by atoms with Crippen LogP contribution in [-0.4, -0.2) is 15.4 Å². The zero-order valence-electron chi connectivity index (χ0n) is 10.9. The van der Waals surface area contributed by atoms with E-state index in [9.17, 15) is 0 Å². The molecule has 3 rings (SSSR count). The Morgan fingerprint density at radius 1 is 1.37 bits per heavy atom. The van der Waals surface area contributed by atoms with Crippen molar-refractivity contribution in [1.82, 2.24) is 9.55 Å². The van der Waals surface area contributed by atoms with Gasteiger partial charge in [-0.2, -0.15) is 0 Å². The fourth-order valence-electron chi connectivity index (χ4n) is 2.62. The molecule has 0 bridgehead atoms. The summed E-state index contributed by atoms with van der Waals surface area (Å²) in [5.41, 5.74) is 2.31. The minimum Gasteiger partial charge on any atom is -0.328 e. The lowest BCUT2D eigenvalue weighted by Crippen LogP contribution is -2.05. The smallest absolute Gasteiger partial charge is 0.111 e. The van der Waals surface area contributed by atoms with Crippen molar-refractivity contribution < 1.29 is 0 Å². The summed E-state index contributed by atoms with van der Waals surface area (Å²) >= 11 is 9.45. The number of aromatic nitrogens is 2. The monoisotopic (exact) mass is 340 g/mol. The number of imidazole rings is 1. The molecule has 1 aliphatic carbocycles. The number of nitrogens with zero attached hydrogens (tertiary/aromatic N) is 2. The highest BCUT2D eigenvalue weighted by Crippen LogP contribution is 2.34. The summed E-state index contributed by atoms with van der Waals surface area (Å²) in [4.78, 5) is 4.71. The second kappa shape index (κ2) is 5.84. The summed E-state index contributed by atoms with van der Waals surface area (Å²) in [6.07, 6.45) is 6.32. The number of aryl methyl sites for hydroxylation is 2. The second-order valence-electron chi connectivity index (χ2n) is 5.34. The Morgan fingerprint density at radius 3 is 2.95 bits per heavy atom. The number of hydrogen-bond acceptors (Lipinski definition) is 1. The third-order valence-electron chi connectivity index (χ3n) is 3.80. The van der Waals surface area contributed by atoms with Crippen molar-refractivity contribution in [2.75, 3.05) is 5.88 Å². The van der Waals surface area contributed by atoms with Crippen LogP contribution in [-0.2, 0) is 13.0 Å². The van der Waals surface area contributed by atoms with Gasteiger partial charge in [0.05, 0.1) is 11.0 Å².